The summed E-state index contributed by atoms with van der Waals surface area (Å²) in [6.07, 6.45) is 5.92. The molecule has 2 heterocycles. The van der Waals surface area contributed by atoms with E-state index in [1.807, 2.05) is 65.7 Å². The van der Waals surface area contributed by atoms with Gasteiger partial charge >= 0.3 is 0 Å². The molecular weight excluding hydrogens is 390 g/mol. The molecule has 0 spiro atoms. The van der Waals surface area contributed by atoms with Gasteiger partial charge in [-0.3, -0.25) is 9.78 Å². The summed E-state index contributed by atoms with van der Waals surface area (Å²) in [4.78, 5) is 23.9. The van der Waals surface area contributed by atoms with E-state index in [2.05, 4.69) is 4.98 Å². The van der Waals surface area contributed by atoms with E-state index < -0.39 is 0 Å². The van der Waals surface area contributed by atoms with Crippen LogP contribution in [0.15, 0.2) is 67.0 Å². The number of methoxy groups -OCH3 is 1. The van der Waals surface area contributed by atoms with Crippen LogP contribution in [0, 0.1) is 0 Å². The largest absolute Gasteiger partial charge is 0.497 e. The van der Waals surface area contributed by atoms with Gasteiger partial charge in [0, 0.05) is 30.8 Å². The zero-order valence-electron chi connectivity index (χ0n) is 17.7. The lowest BCUT2D eigenvalue weighted by Crippen LogP contribution is -2.39. The quantitative estimate of drug-likeness (QED) is 0.573. The third kappa shape index (κ3) is 5.40. The van der Waals surface area contributed by atoms with E-state index in [1.54, 1.807) is 13.3 Å². The molecule has 1 aromatic heterocycles. The van der Waals surface area contributed by atoms with Crippen molar-refractivity contribution in [2.75, 3.05) is 26.8 Å². The number of benzene rings is 2. The lowest BCUT2D eigenvalue weighted by atomic mass is 9.94. The number of carbonyl (C=O) groups excluding carboxylic acids is 1. The van der Waals surface area contributed by atoms with E-state index in [1.165, 1.54) is 0 Å². The molecule has 2 aromatic carbocycles. The smallest absolute Gasteiger partial charge is 0.226 e. The summed E-state index contributed by atoms with van der Waals surface area (Å²) in [5.41, 5.74) is 2.71. The minimum absolute atomic E-state index is 0.123. The Morgan fingerprint density at radius 1 is 1.10 bits per heavy atom. The highest BCUT2D eigenvalue weighted by atomic mass is 16.5. The fraction of sp³-hybridized carbons (Fsp3) is 0.320. The average molecular weight is 418 g/mol. The number of likely N-dealkylation sites (tertiary alicyclic amines) is 1. The van der Waals surface area contributed by atoms with Crippen LogP contribution in [0.4, 0.5) is 0 Å². The van der Waals surface area contributed by atoms with Crippen LogP contribution in [0.2, 0.25) is 0 Å². The molecule has 0 N–H and O–H groups in total. The summed E-state index contributed by atoms with van der Waals surface area (Å²) in [5.74, 6) is 1.89. The van der Waals surface area contributed by atoms with Crippen LogP contribution in [0.3, 0.4) is 0 Å². The number of piperidine rings is 1. The summed E-state index contributed by atoms with van der Waals surface area (Å²) >= 11 is 0. The molecule has 0 bridgehead atoms. The van der Waals surface area contributed by atoms with E-state index >= 15 is 0 Å². The van der Waals surface area contributed by atoms with Crippen LogP contribution in [-0.2, 0) is 4.79 Å². The number of rotatable bonds is 7. The predicted molar refractivity (Wildman–Crippen MR) is 119 cm³/mol. The molecule has 1 atom stereocenters. The van der Waals surface area contributed by atoms with E-state index in [-0.39, 0.29) is 11.8 Å². The maximum Gasteiger partial charge on any atom is 0.226 e. The van der Waals surface area contributed by atoms with Crippen LogP contribution in [0.25, 0.3) is 11.3 Å². The maximum atomic E-state index is 12.7. The predicted octanol–water partition coefficient (Wildman–Crippen LogP) is 4.33. The average Bonchev–Trinajstić information content (AvgIpc) is 2.85. The molecule has 4 rings (SSSR count). The molecule has 31 heavy (non-hydrogen) atoms. The van der Waals surface area contributed by atoms with Gasteiger partial charge in [0.05, 0.1) is 37.7 Å². The topological polar surface area (TPSA) is 64.5 Å². The van der Waals surface area contributed by atoms with Gasteiger partial charge < -0.3 is 14.4 Å². The summed E-state index contributed by atoms with van der Waals surface area (Å²) < 4.78 is 11.0. The van der Waals surface area contributed by atoms with Crippen molar-refractivity contribution in [1.29, 1.82) is 0 Å². The van der Waals surface area contributed by atoms with Gasteiger partial charge in [0.1, 0.15) is 11.5 Å². The van der Waals surface area contributed by atoms with E-state index in [0.29, 0.717) is 19.6 Å². The Hall–Kier alpha value is -3.41. The number of hydrogen-bond acceptors (Lipinski definition) is 5. The van der Waals surface area contributed by atoms with Crippen LogP contribution >= 0.6 is 0 Å². The molecule has 1 fully saturated rings. The molecule has 0 radical (unpaired) electrons. The summed E-state index contributed by atoms with van der Waals surface area (Å²) in [6.45, 7) is 1.83. The van der Waals surface area contributed by atoms with Crippen molar-refractivity contribution in [2.24, 2.45) is 0 Å². The molecule has 6 nitrogen and oxygen atoms in total. The molecule has 3 aromatic rings. The van der Waals surface area contributed by atoms with E-state index in [4.69, 9.17) is 14.5 Å². The summed E-state index contributed by atoms with van der Waals surface area (Å²) in [5, 5.41) is 0. The van der Waals surface area contributed by atoms with E-state index in [9.17, 15) is 4.79 Å². The highest BCUT2D eigenvalue weighted by Gasteiger charge is 2.26. The van der Waals surface area contributed by atoms with Crippen LogP contribution in [0.5, 0.6) is 11.5 Å². The molecular formula is C25H27N3O3. The molecule has 0 aliphatic carbocycles. The van der Waals surface area contributed by atoms with Gasteiger partial charge in [-0.2, -0.15) is 0 Å². The highest BCUT2D eigenvalue weighted by molar-refractivity contribution is 5.76. The molecule has 1 unspecified atom stereocenters. The van der Waals surface area contributed by atoms with E-state index in [0.717, 1.165) is 47.8 Å². The first-order chi connectivity index (χ1) is 15.2. The van der Waals surface area contributed by atoms with Gasteiger partial charge in [0.25, 0.3) is 0 Å². The molecule has 1 saturated heterocycles. The Morgan fingerprint density at radius 2 is 1.94 bits per heavy atom. The monoisotopic (exact) mass is 417 g/mol. The Bertz CT molecular complexity index is 1010. The van der Waals surface area contributed by atoms with Crippen molar-refractivity contribution in [3.8, 4) is 22.8 Å². The lowest BCUT2D eigenvalue weighted by Gasteiger charge is -2.32. The van der Waals surface area contributed by atoms with Crippen LogP contribution in [0.1, 0.15) is 30.9 Å². The number of amides is 1. The van der Waals surface area contributed by atoms with Crippen LogP contribution in [-0.4, -0.2) is 47.6 Å². The molecule has 6 heteroatoms. The summed E-state index contributed by atoms with van der Waals surface area (Å²) in [7, 11) is 1.65. The lowest BCUT2D eigenvalue weighted by molar-refractivity contribution is -0.132. The van der Waals surface area contributed by atoms with Crippen molar-refractivity contribution in [2.45, 2.75) is 25.2 Å². The van der Waals surface area contributed by atoms with Crippen molar-refractivity contribution >= 4 is 5.91 Å². The van der Waals surface area contributed by atoms with Gasteiger partial charge in [0.2, 0.25) is 5.91 Å². The molecule has 1 aliphatic rings. The summed E-state index contributed by atoms with van der Waals surface area (Å²) in [6, 6.07) is 17.4. The standard InChI is InChI=1S/C25H27N3O3/c1-30-22-11-5-7-19(15-22)23-16-26-17-24(27-23)20-8-6-13-28(18-20)25(29)12-14-31-21-9-3-2-4-10-21/h2-5,7,9-11,15-17,20H,6,8,12-14,18H2,1H3. The Kier molecular flexibility index (Phi) is 6.77. The maximum absolute atomic E-state index is 12.7. The molecule has 160 valence electrons. The number of ether oxygens (including phenoxy) is 2. The Labute approximate surface area is 182 Å². The Balaban J connectivity index is 1.38. The normalized spacial score (nSPS) is 16.0. The minimum atomic E-state index is 0.123. The van der Waals surface area contributed by atoms with Crippen molar-refractivity contribution in [3.63, 3.8) is 0 Å². The number of carbonyl (C=O) groups is 1. The molecule has 1 amide bonds. The van der Waals surface area contributed by atoms with Crippen molar-refractivity contribution in [1.82, 2.24) is 14.9 Å². The second-order valence-corrected chi connectivity index (χ2v) is 7.65. The van der Waals surface area contributed by atoms with Gasteiger partial charge in [-0.05, 0) is 37.1 Å². The van der Waals surface area contributed by atoms with Gasteiger partial charge in [0.15, 0.2) is 0 Å². The number of aromatic nitrogens is 2. The number of hydrogen-bond donors (Lipinski definition) is 0. The number of para-hydroxylation sites is 1. The zero-order chi connectivity index (χ0) is 21.5. The third-order valence-corrected chi connectivity index (χ3v) is 5.54. The fourth-order valence-corrected chi connectivity index (χ4v) is 3.88. The van der Waals surface area contributed by atoms with Gasteiger partial charge in [-0.15, -0.1) is 0 Å². The second kappa shape index (κ2) is 10.1. The van der Waals surface area contributed by atoms with Gasteiger partial charge in [-0.25, -0.2) is 4.98 Å². The molecule has 0 saturated carbocycles. The number of nitrogens with zero attached hydrogens (tertiary/aromatic N) is 3. The third-order valence-electron chi connectivity index (χ3n) is 5.54. The van der Waals surface area contributed by atoms with Crippen molar-refractivity contribution < 1.29 is 14.3 Å². The fourth-order valence-electron chi connectivity index (χ4n) is 3.88. The first kappa shape index (κ1) is 20.8. The first-order valence-corrected chi connectivity index (χ1v) is 10.6. The first-order valence-electron chi connectivity index (χ1n) is 10.6. The van der Waals surface area contributed by atoms with Gasteiger partial charge in [-0.1, -0.05) is 30.3 Å². The van der Waals surface area contributed by atoms with Crippen molar-refractivity contribution in [3.05, 3.63) is 72.7 Å². The SMILES string of the molecule is COc1cccc(-c2cncc(C3CCCN(C(=O)CCOc4ccccc4)C3)n2)c1. The second-order valence-electron chi connectivity index (χ2n) is 7.65. The molecule has 1 aliphatic heterocycles. The highest BCUT2D eigenvalue weighted by Crippen LogP contribution is 2.28. The van der Waals surface area contributed by atoms with Crippen LogP contribution < -0.4 is 9.47 Å². The Morgan fingerprint density at radius 3 is 2.77 bits per heavy atom. The minimum Gasteiger partial charge on any atom is -0.497 e. The zero-order valence-corrected chi connectivity index (χ0v) is 17.7.